The molecular formula is C26H34N2O. The van der Waals surface area contributed by atoms with Crippen LogP contribution in [0.2, 0.25) is 0 Å². The van der Waals surface area contributed by atoms with E-state index < -0.39 is 0 Å². The van der Waals surface area contributed by atoms with Crippen LogP contribution in [-0.4, -0.2) is 41.9 Å². The molecule has 0 saturated carbocycles. The minimum Gasteiger partial charge on any atom is -0.342 e. The summed E-state index contributed by atoms with van der Waals surface area (Å²) in [4.78, 5) is 17.8. The molecular weight excluding hydrogens is 356 g/mol. The largest absolute Gasteiger partial charge is 0.342 e. The van der Waals surface area contributed by atoms with Gasteiger partial charge in [-0.3, -0.25) is 9.69 Å². The lowest BCUT2D eigenvalue weighted by atomic mass is 9.89. The molecule has 0 radical (unpaired) electrons. The van der Waals surface area contributed by atoms with E-state index in [1.165, 1.54) is 16.7 Å². The fraction of sp³-hybridized carbons (Fsp3) is 0.500. The lowest BCUT2D eigenvalue weighted by Gasteiger charge is -2.38. The van der Waals surface area contributed by atoms with Gasteiger partial charge in [-0.2, -0.15) is 0 Å². The highest BCUT2D eigenvalue weighted by molar-refractivity contribution is 5.79. The molecule has 0 N–H and O–H groups in total. The lowest BCUT2D eigenvalue weighted by Crippen LogP contribution is -2.47. The van der Waals surface area contributed by atoms with Gasteiger partial charge in [0.15, 0.2) is 0 Å². The smallest absolute Gasteiger partial charge is 0.226 e. The maximum absolute atomic E-state index is 13.2. The molecule has 154 valence electrons. The highest BCUT2D eigenvalue weighted by Crippen LogP contribution is 2.26. The van der Waals surface area contributed by atoms with Crippen LogP contribution in [-0.2, 0) is 17.8 Å². The molecule has 2 heterocycles. The zero-order chi connectivity index (χ0) is 20.1. The maximum Gasteiger partial charge on any atom is 0.226 e. The Labute approximate surface area is 175 Å². The van der Waals surface area contributed by atoms with Crippen LogP contribution >= 0.6 is 0 Å². The predicted octanol–water partition coefficient (Wildman–Crippen LogP) is 4.69. The normalized spacial score (nSPS) is 21.3. The highest BCUT2D eigenvalue weighted by Gasteiger charge is 2.31. The number of carbonyl (C=O) groups excluding carboxylic acids is 1. The van der Waals surface area contributed by atoms with Gasteiger partial charge in [0.1, 0.15) is 0 Å². The molecule has 2 aromatic rings. The van der Waals surface area contributed by atoms with Gasteiger partial charge >= 0.3 is 0 Å². The Hall–Kier alpha value is -2.13. The molecule has 2 aliphatic rings. The molecule has 1 amide bonds. The van der Waals surface area contributed by atoms with E-state index in [0.29, 0.717) is 11.8 Å². The molecule has 3 heteroatoms. The van der Waals surface area contributed by atoms with Gasteiger partial charge in [0, 0.05) is 26.2 Å². The minimum atomic E-state index is 0.180. The van der Waals surface area contributed by atoms with Crippen LogP contribution in [0.5, 0.6) is 0 Å². The van der Waals surface area contributed by atoms with Gasteiger partial charge < -0.3 is 4.90 Å². The Kier molecular flexibility index (Phi) is 6.66. The summed E-state index contributed by atoms with van der Waals surface area (Å²) in [7, 11) is 0. The van der Waals surface area contributed by atoms with Gasteiger partial charge in [0.05, 0.1) is 5.92 Å². The number of nitrogens with zero attached hydrogens (tertiary/aromatic N) is 2. The lowest BCUT2D eigenvalue weighted by molar-refractivity contribution is -0.138. The van der Waals surface area contributed by atoms with Gasteiger partial charge in [-0.25, -0.2) is 0 Å². The minimum absolute atomic E-state index is 0.180. The first-order valence-corrected chi connectivity index (χ1v) is 11.3. The van der Waals surface area contributed by atoms with Crippen molar-refractivity contribution in [1.29, 1.82) is 0 Å². The van der Waals surface area contributed by atoms with Crippen LogP contribution in [0.4, 0.5) is 0 Å². The highest BCUT2D eigenvalue weighted by atomic mass is 16.2. The van der Waals surface area contributed by atoms with Gasteiger partial charge in [-0.1, -0.05) is 60.2 Å². The molecule has 0 spiro atoms. The van der Waals surface area contributed by atoms with Gasteiger partial charge in [-0.05, 0) is 62.6 Å². The van der Waals surface area contributed by atoms with Gasteiger partial charge in [-0.15, -0.1) is 0 Å². The number of amides is 1. The monoisotopic (exact) mass is 390 g/mol. The summed E-state index contributed by atoms with van der Waals surface area (Å²) in [6, 6.07) is 19.5. The number of benzene rings is 2. The Morgan fingerprint density at radius 1 is 0.931 bits per heavy atom. The molecule has 2 fully saturated rings. The molecule has 0 aromatic heterocycles. The molecule has 29 heavy (non-hydrogen) atoms. The Bertz CT molecular complexity index is 795. The molecule has 2 saturated heterocycles. The first-order chi connectivity index (χ1) is 14.2. The van der Waals surface area contributed by atoms with Crippen molar-refractivity contribution in [3.05, 3.63) is 71.3 Å². The molecule has 0 unspecified atom stereocenters. The van der Waals surface area contributed by atoms with Gasteiger partial charge in [0.2, 0.25) is 5.91 Å². The van der Waals surface area contributed by atoms with Crippen LogP contribution in [0.25, 0.3) is 0 Å². The number of hydrogen-bond acceptors (Lipinski definition) is 2. The molecule has 3 nitrogen and oxygen atoms in total. The third-order valence-electron chi connectivity index (χ3n) is 6.64. The summed E-state index contributed by atoms with van der Waals surface area (Å²) in [6.45, 7) is 7.00. The average molecular weight is 391 g/mol. The van der Waals surface area contributed by atoms with E-state index in [1.54, 1.807) is 0 Å². The van der Waals surface area contributed by atoms with E-state index in [0.717, 1.165) is 64.8 Å². The molecule has 2 aliphatic heterocycles. The Balaban J connectivity index is 1.27. The number of likely N-dealkylation sites (tertiary alicyclic amines) is 2. The number of carbonyl (C=O) groups is 1. The molecule has 1 atom stereocenters. The molecule has 0 bridgehead atoms. The maximum atomic E-state index is 13.2. The van der Waals surface area contributed by atoms with Crippen molar-refractivity contribution in [3.63, 3.8) is 0 Å². The number of aryl methyl sites for hydroxylation is 1. The topological polar surface area (TPSA) is 23.6 Å². The third kappa shape index (κ3) is 5.48. The summed E-state index contributed by atoms with van der Waals surface area (Å²) < 4.78 is 0. The third-order valence-corrected chi connectivity index (χ3v) is 6.64. The summed E-state index contributed by atoms with van der Waals surface area (Å²) in [6.07, 6.45) is 5.61. The summed E-state index contributed by atoms with van der Waals surface area (Å²) in [5.74, 6) is 1.29. The van der Waals surface area contributed by atoms with Crippen LogP contribution in [0, 0.1) is 18.8 Å². The molecule has 0 aliphatic carbocycles. The summed E-state index contributed by atoms with van der Waals surface area (Å²) in [5.41, 5.74) is 4.10. The van der Waals surface area contributed by atoms with Crippen molar-refractivity contribution in [1.82, 2.24) is 9.80 Å². The zero-order valence-corrected chi connectivity index (χ0v) is 17.7. The first-order valence-electron chi connectivity index (χ1n) is 11.3. The second kappa shape index (κ2) is 9.58. The van der Waals surface area contributed by atoms with E-state index in [-0.39, 0.29) is 5.92 Å². The fourth-order valence-corrected chi connectivity index (χ4v) is 5.03. The number of piperidine rings is 2. The summed E-state index contributed by atoms with van der Waals surface area (Å²) >= 11 is 0. The van der Waals surface area contributed by atoms with E-state index in [9.17, 15) is 4.79 Å². The van der Waals surface area contributed by atoms with E-state index >= 15 is 0 Å². The van der Waals surface area contributed by atoms with Crippen LogP contribution in [0.1, 0.15) is 42.4 Å². The van der Waals surface area contributed by atoms with Crippen molar-refractivity contribution >= 4 is 5.91 Å². The van der Waals surface area contributed by atoms with E-state index in [1.807, 2.05) is 0 Å². The van der Waals surface area contributed by atoms with Crippen molar-refractivity contribution < 1.29 is 4.79 Å². The predicted molar refractivity (Wildman–Crippen MR) is 119 cm³/mol. The van der Waals surface area contributed by atoms with Crippen molar-refractivity contribution in [2.45, 2.75) is 45.6 Å². The zero-order valence-electron chi connectivity index (χ0n) is 17.7. The van der Waals surface area contributed by atoms with Crippen molar-refractivity contribution in [2.75, 3.05) is 26.2 Å². The second-order valence-corrected chi connectivity index (χ2v) is 9.02. The standard InChI is InChI=1S/C26H34N2O/c1-21-7-5-10-24(17-21)19-27-14-6-11-25(20-27)26(29)28-15-12-23(13-16-28)18-22-8-3-2-4-9-22/h2-5,7-10,17,23,25H,6,11-16,18-20H2,1H3/t25-/m1/s1. The van der Waals surface area contributed by atoms with Crippen molar-refractivity contribution in [3.8, 4) is 0 Å². The Morgan fingerprint density at radius 2 is 1.69 bits per heavy atom. The van der Waals surface area contributed by atoms with E-state index in [2.05, 4.69) is 71.3 Å². The van der Waals surface area contributed by atoms with E-state index in [4.69, 9.17) is 0 Å². The Morgan fingerprint density at radius 3 is 2.45 bits per heavy atom. The SMILES string of the molecule is Cc1cccc(CN2CCC[C@@H](C(=O)N3CCC(Cc4ccccc4)CC3)C2)c1. The van der Waals surface area contributed by atoms with Crippen LogP contribution in [0.3, 0.4) is 0 Å². The van der Waals surface area contributed by atoms with Crippen LogP contribution < -0.4 is 0 Å². The first kappa shape index (κ1) is 20.2. The van der Waals surface area contributed by atoms with Gasteiger partial charge in [0.25, 0.3) is 0 Å². The second-order valence-electron chi connectivity index (χ2n) is 9.02. The molecule has 4 rings (SSSR count). The van der Waals surface area contributed by atoms with Crippen molar-refractivity contribution in [2.24, 2.45) is 11.8 Å². The quantitative estimate of drug-likeness (QED) is 0.739. The average Bonchev–Trinajstić information content (AvgIpc) is 2.75. The fourth-order valence-electron chi connectivity index (χ4n) is 5.03. The number of rotatable bonds is 5. The molecule has 2 aromatic carbocycles. The summed E-state index contributed by atoms with van der Waals surface area (Å²) in [5, 5.41) is 0. The van der Waals surface area contributed by atoms with Crippen LogP contribution in [0.15, 0.2) is 54.6 Å². The number of hydrogen-bond donors (Lipinski definition) is 0.